The molecule has 1 aliphatic heterocycles. The third-order valence-corrected chi connectivity index (χ3v) is 4.44. The van der Waals surface area contributed by atoms with Gasteiger partial charge in [-0.25, -0.2) is 0 Å². The topological polar surface area (TPSA) is 27.0 Å². The summed E-state index contributed by atoms with van der Waals surface area (Å²) in [6.45, 7) is 4.37. The summed E-state index contributed by atoms with van der Waals surface area (Å²) >= 11 is 1.84. The molecular formula is C14H18N2S. The lowest BCUT2D eigenvalue weighted by Gasteiger charge is -2.30. The number of hydrogen-bond donors (Lipinski definition) is 0. The van der Waals surface area contributed by atoms with E-state index in [9.17, 15) is 0 Å². The zero-order valence-corrected chi connectivity index (χ0v) is 11.3. The van der Waals surface area contributed by atoms with Gasteiger partial charge >= 0.3 is 0 Å². The summed E-state index contributed by atoms with van der Waals surface area (Å²) in [5, 5.41) is 8.93. The molecule has 90 valence electrons. The van der Waals surface area contributed by atoms with E-state index in [1.54, 1.807) is 0 Å². The standard InChI is InChI=1S/C14H18N2S/c1-11-9-13(3-4-14(11)10-15)12-5-7-16(17-2)8-6-12/h3-4,9,12H,5-8H2,1-2H3. The Morgan fingerprint density at radius 3 is 2.59 bits per heavy atom. The van der Waals surface area contributed by atoms with Crippen LogP contribution in [0.3, 0.4) is 0 Å². The third-order valence-electron chi connectivity index (χ3n) is 3.55. The van der Waals surface area contributed by atoms with E-state index < -0.39 is 0 Å². The van der Waals surface area contributed by atoms with Crippen LogP contribution in [0, 0.1) is 18.3 Å². The second kappa shape index (κ2) is 5.57. The molecule has 0 aliphatic carbocycles. The molecule has 0 amide bonds. The average molecular weight is 246 g/mol. The van der Waals surface area contributed by atoms with Gasteiger partial charge in [0.1, 0.15) is 0 Å². The van der Waals surface area contributed by atoms with Gasteiger partial charge in [0, 0.05) is 13.1 Å². The molecule has 0 spiro atoms. The molecule has 2 rings (SSSR count). The summed E-state index contributed by atoms with van der Waals surface area (Å²) in [5.41, 5.74) is 3.31. The molecule has 1 heterocycles. The van der Waals surface area contributed by atoms with Crippen molar-refractivity contribution in [2.24, 2.45) is 0 Å². The first-order chi connectivity index (χ1) is 8.24. The lowest BCUT2D eigenvalue weighted by Crippen LogP contribution is -2.27. The van der Waals surface area contributed by atoms with E-state index in [4.69, 9.17) is 5.26 Å². The molecule has 2 nitrogen and oxygen atoms in total. The molecule has 17 heavy (non-hydrogen) atoms. The van der Waals surface area contributed by atoms with E-state index in [0.29, 0.717) is 5.92 Å². The van der Waals surface area contributed by atoms with Crippen molar-refractivity contribution in [3.8, 4) is 6.07 Å². The highest BCUT2D eigenvalue weighted by Crippen LogP contribution is 2.30. The van der Waals surface area contributed by atoms with Gasteiger partial charge in [-0.3, -0.25) is 4.31 Å². The number of aryl methyl sites for hydroxylation is 1. The highest BCUT2D eigenvalue weighted by atomic mass is 32.2. The van der Waals surface area contributed by atoms with Crippen LogP contribution in [0.5, 0.6) is 0 Å². The van der Waals surface area contributed by atoms with Crippen molar-refractivity contribution >= 4 is 11.9 Å². The fourth-order valence-electron chi connectivity index (χ4n) is 2.44. The average Bonchev–Trinajstić information content (AvgIpc) is 2.39. The van der Waals surface area contributed by atoms with Gasteiger partial charge < -0.3 is 0 Å². The van der Waals surface area contributed by atoms with Gasteiger partial charge in [-0.1, -0.05) is 24.1 Å². The first kappa shape index (κ1) is 12.5. The Morgan fingerprint density at radius 2 is 2.06 bits per heavy atom. The van der Waals surface area contributed by atoms with Crippen molar-refractivity contribution in [3.63, 3.8) is 0 Å². The van der Waals surface area contributed by atoms with Crippen molar-refractivity contribution in [1.82, 2.24) is 4.31 Å². The van der Waals surface area contributed by atoms with Gasteiger partial charge in [0.15, 0.2) is 0 Å². The van der Waals surface area contributed by atoms with Crippen LogP contribution in [0.4, 0.5) is 0 Å². The number of rotatable bonds is 2. The van der Waals surface area contributed by atoms with E-state index in [0.717, 1.165) is 11.1 Å². The van der Waals surface area contributed by atoms with Crippen molar-refractivity contribution in [1.29, 1.82) is 5.26 Å². The highest BCUT2D eigenvalue weighted by molar-refractivity contribution is 7.96. The number of hydrogen-bond acceptors (Lipinski definition) is 3. The van der Waals surface area contributed by atoms with E-state index in [1.807, 2.05) is 24.9 Å². The van der Waals surface area contributed by atoms with Gasteiger partial charge in [0.25, 0.3) is 0 Å². The van der Waals surface area contributed by atoms with Crippen LogP contribution in [-0.2, 0) is 0 Å². The molecule has 1 aromatic carbocycles. The summed E-state index contributed by atoms with van der Waals surface area (Å²) in [6.07, 6.45) is 4.60. The van der Waals surface area contributed by atoms with Gasteiger partial charge in [-0.05, 0) is 49.1 Å². The number of benzene rings is 1. The summed E-state index contributed by atoms with van der Waals surface area (Å²) < 4.78 is 2.42. The molecule has 1 saturated heterocycles. The van der Waals surface area contributed by atoms with Crippen molar-refractivity contribution < 1.29 is 0 Å². The molecule has 1 aliphatic rings. The Hall–Kier alpha value is -0.980. The fraction of sp³-hybridized carbons (Fsp3) is 0.500. The van der Waals surface area contributed by atoms with Crippen LogP contribution in [-0.4, -0.2) is 23.7 Å². The van der Waals surface area contributed by atoms with E-state index in [1.165, 1.54) is 31.5 Å². The van der Waals surface area contributed by atoms with Gasteiger partial charge in [0.05, 0.1) is 11.6 Å². The molecule has 3 heteroatoms. The number of nitrogens with zero attached hydrogens (tertiary/aromatic N) is 2. The normalized spacial score (nSPS) is 17.9. The van der Waals surface area contributed by atoms with Crippen LogP contribution in [0.25, 0.3) is 0 Å². The molecule has 1 fully saturated rings. The first-order valence-corrected chi connectivity index (χ1v) is 7.22. The lowest BCUT2D eigenvalue weighted by atomic mass is 9.88. The number of nitriles is 1. The molecule has 0 aromatic heterocycles. The Labute approximate surface area is 108 Å². The van der Waals surface area contributed by atoms with Crippen molar-refractivity contribution in [2.75, 3.05) is 19.3 Å². The van der Waals surface area contributed by atoms with Crippen LogP contribution in [0.15, 0.2) is 18.2 Å². The molecular weight excluding hydrogens is 228 g/mol. The van der Waals surface area contributed by atoms with E-state index in [-0.39, 0.29) is 0 Å². The molecule has 0 saturated carbocycles. The Morgan fingerprint density at radius 1 is 1.35 bits per heavy atom. The molecule has 0 bridgehead atoms. The predicted molar refractivity (Wildman–Crippen MR) is 73.0 cm³/mol. The zero-order valence-electron chi connectivity index (χ0n) is 10.4. The highest BCUT2D eigenvalue weighted by Gasteiger charge is 2.20. The molecule has 1 aromatic rings. The molecule has 0 radical (unpaired) electrons. The first-order valence-electron chi connectivity index (χ1n) is 6.04. The molecule has 0 atom stereocenters. The lowest BCUT2D eigenvalue weighted by molar-refractivity contribution is 0.347. The third kappa shape index (κ3) is 2.83. The summed E-state index contributed by atoms with van der Waals surface area (Å²) in [4.78, 5) is 0. The minimum Gasteiger partial charge on any atom is -0.251 e. The Kier molecular flexibility index (Phi) is 4.09. The second-order valence-electron chi connectivity index (χ2n) is 4.57. The summed E-state index contributed by atoms with van der Waals surface area (Å²) in [6, 6.07) is 8.52. The predicted octanol–water partition coefficient (Wildman–Crippen LogP) is 3.32. The zero-order chi connectivity index (χ0) is 12.3. The maximum absolute atomic E-state index is 8.93. The maximum Gasteiger partial charge on any atom is 0.0994 e. The van der Waals surface area contributed by atoms with Crippen LogP contribution in [0.1, 0.15) is 35.4 Å². The van der Waals surface area contributed by atoms with Gasteiger partial charge in [-0.2, -0.15) is 5.26 Å². The smallest absolute Gasteiger partial charge is 0.0994 e. The number of piperidine rings is 1. The SMILES string of the molecule is CSN1CCC(c2ccc(C#N)c(C)c2)CC1. The Bertz CT molecular complexity index is 428. The van der Waals surface area contributed by atoms with Gasteiger partial charge in [-0.15, -0.1) is 0 Å². The van der Waals surface area contributed by atoms with Crippen LogP contribution < -0.4 is 0 Å². The van der Waals surface area contributed by atoms with Crippen molar-refractivity contribution in [3.05, 3.63) is 34.9 Å². The summed E-state index contributed by atoms with van der Waals surface area (Å²) in [7, 11) is 0. The van der Waals surface area contributed by atoms with E-state index in [2.05, 4.69) is 28.8 Å². The minimum atomic E-state index is 0.671. The van der Waals surface area contributed by atoms with Gasteiger partial charge in [0.2, 0.25) is 0 Å². The van der Waals surface area contributed by atoms with Crippen LogP contribution in [0.2, 0.25) is 0 Å². The monoisotopic (exact) mass is 246 g/mol. The molecule has 0 unspecified atom stereocenters. The second-order valence-corrected chi connectivity index (χ2v) is 5.45. The Balaban J connectivity index is 2.09. The summed E-state index contributed by atoms with van der Waals surface area (Å²) in [5.74, 6) is 0.671. The van der Waals surface area contributed by atoms with Crippen LogP contribution >= 0.6 is 11.9 Å². The fourth-order valence-corrected chi connectivity index (χ4v) is 3.01. The van der Waals surface area contributed by atoms with E-state index >= 15 is 0 Å². The largest absolute Gasteiger partial charge is 0.251 e. The minimum absolute atomic E-state index is 0.671. The molecule has 0 N–H and O–H groups in total. The van der Waals surface area contributed by atoms with Crippen molar-refractivity contribution in [2.45, 2.75) is 25.7 Å². The quantitative estimate of drug-likeness (QED) is 0.749. The maximum atomic E-state index is 8.93.